The van der Waals surface area contributed by atoms with E-state index in [0.717, 1.165) is 37.8 Å². The zero-order valence-corrected chi connectivity index (χ0v) is 13.8. The first-order chi connectivity index (χ1) is 10.8. The summed E-state index contributed by atoms with van der Waals surface area (Å²) in [4.78, 5) is 30.6. The van der Waals surface area contributed by atoms with Gasteiger partial charge in [0.15, 0.2) is 0 Å². The Balaban J connectivity index is 0.00000192. The molecule has 0 radical (unpaired) electrons. The highest BCUT2D eigenvalue weighted by atomic mass is 35.5. The fraction of sp³-hybridized carbons (Fsp3) is 0.562. The first kappa shape index (κ1) is 17.7. The normalized spacial score (nSPS) is 23.4. The maximum absolute atomic E-state index is 12.5. The van der Waals surface area contributed by atoms with E-state index in [1.165, 1.54) is 0 Å². The van der Waals surface area contributed by atoms with Gasteiger partial charge in [-0.25, -0.2) is 0 Å². The molecule has 23 heavy (non-hydrogen) atoms. The van der Waals surface area contributed by atoms with Crippen molar-refractivity contribution >= 4 is 24.2 Å². The van der Waals surface area contributed by atoms with Gasteiger partial charge in [0, 0.05) is 25.5 Å². The second-order valence-corrected chi connectivity index (χ2v) is 5.91. The molecule has 2 fully saturated rings. The molecule has 7 heteroatoms. The third kappa shape index (κ3) is 4.20. The van der Waals surface area contributed by atoms with Gasteiger partial charge in [-0.15, -0.1) is 12.4 Å². The number of amides is 2. The molecule has 2 atom stereocenters. The van der Waals surface area contributed by atoms with Crippen LogP contribution in [0.1, 0.15) is 31.2 Å². The van der Waals surface area contributed by atoms with Crippen molar-refractivity contribution in [3.05, 3.63) is 30.1 Å². The topological polar surface area (TPSA) is 74.3 Å². The minimum atomic E-state index is -0.322. The molecule has 2 aliphatic rings. The van der Waals surface area contributed by atoms with E-state index in [0.29, 0.717) is 13.1 Å². The quantitative estimate of drug-likeness (QED) is 0.854. The highest BCUT2D eigenvalue weighted by Crippen LogP contribution is 2.20. The van der Waals surface area contributed by atoms with Gasteiger partial charge in [-0.1, -0.05) is 0 Å². The standard InChI is InChI=1S/C16H22N4O2.ClH/c21-15(19-11-12-5-8-17-9-6-12)14-4-2-10-20(14)16(22)13-3-1-7-18-13;/h5-6,8-9,13-14,18H,1-4,7,10-11H2,(H,19,21);1H/t13-,14-;/m0./s1. The molecule has 2 aliphatic heterocycles. The molecule has 3 heterocycles. The lowest BCUT2D eigenvalue weighted by Gasteiger charge is -2.26. The van der Waals surface area contributed by atoms with Crippen molar-refractivity contribution in [2.24, 2.45) is 0 Å². The van der Waals surface area contributed by atoms with Crippen LogP contribution in [0.2, 0.25) is 0 Å². The average Bonchev–Trinajstić information content (AvgIpc) is 3.24. The summed E-state index contributed by atoms with van der Waals surface area (Å²) in [6.07, 6.45) is 6.97. The number of carbonyl (C=O) groups is 2. The minimum absolute atomic E-state index is 0. The van der Waals surface area contributed by atoms with Crippen molar-refractivity contribution in [2.75, 3.05) is 13.1 Å². The van der Waals surface area contributed by atoms with Crippen molar-refractivity contribution in [2.45, 2.75) is 44.3 Å². The summed E-state index contributed by atoms with van der Waals surface area (Å²) in [6.45, 7) is 2.05. The Morgan fingerprint density at radius 2 is 2.04 bits per heavy atom. The highest BCUT2D eigenvalue weighted by Gasteiger charge is 2.37. The third-order valence-corrected chi connectivity index (χ3v) is 4.41. The van der Waals surface area contributed by atoms with E-state index in [9.17, 15) is 9.59 Å². The summed E-state index contributed by atoms with van der Waals surface area (Å²) < 4.78 is 0. The largest absolute Gasteiger partial charge is 0.350 e. The monoisotopic (exact) mass is 338 g/mol. The summed E-state index contributed by atoms with van der Waals surface area (Å²) in [5.41, 5.74) is 1.01. The second-order valence-electron chi connectivity index (χ2n) is 5.91. The molecule has 2 N–H and O–H groups in total. The Kier molecular flexibility index (Phi) is 6.36. The first-order valence-electron chi connectivity index (χ1n) is 7.96. The lowest BCUT2D eigenvalue weighted by Crippen LogP contribution is -2.50. The molecule has 0 aromatic carbocycles. The predicted molar refractivity (Wildman–Crippen MR) is 89.1 cm³/mol. The molecule has 0 bridgehead atoms. The predicted octanol–water partition coefficient (Wildman–Crippen LogP) is 0.863. The van der Waals surface area contributed by atoms with Gasteiger partial charge in [0.05, 0.1) is 6.04 Å². The highest BCUT2D eigenvalue weighted by molar-refractivity contribution is 5.90. The molecule has 126 valence electrons. The smallest absolute Gasteiger partial charge is 0.243 e. The summed E-state index contributed by atoms with van der Waals surface area (Å²) in [5, 5.41) is 6.16. The van der Waals surface area contributed by atoms with Crippen molar-refractivity contribution in [3.8, 4) is 0 Å². The summed E-state index contributed by atoms with van der Waals surface area (Å²) in [5.74, 6) is 0.0275. The zero-order chi connectivity index (χ0) is 15.4. The van der Waals surface area contributed by atoms with E-state index in [4.69, 9.17) is 0 Å². The Morgan fingerprint density at radius 3 is 2.74 bits per heavy atom. The lowest BCUT2D eigenvalue weighted by atomic mass is 10.1. The fourth-order valence-electron chi connectivity index (χ4n) is 3.21. The van der Waals surface area contributed by atoms with Gasteiger partial charge in [0.25, 0.3) is 0 Å². The van der Waals surface area contributed by atoms with Gasteiger partial charge in [-0.2, -0.15) is 0 Å². The second kappa shape index (κ2) is 8.26. The van der Waals surface area contributed by atoms with Gasteiger partial charge in [0.2, 0.25) is 11.8 Å². The van der Waals surface area contributed by atoms with E-state index in [1.807, 2.05) is 12.1 Å². The number of rotatable bonds is 4. The van der Waals surface area contributed by atoms with Crippen LogP contribution in [0.15, 0.2) is 24.5 Å². The van der Waals surface area contributed by atoms with Gasteiger partial charge in [-0.05, 0) is 49.9 Å². The molecule has 2 saturated heterocycles. The lowest BCUT2D eigenvalue weighted by molar-refractivity contribution is -0.139. The van der Waals surface area contributed by atoms with Crippen LogP contribution in [-0.2, 0) is 16.1 Å². The van der Waals surface area contributed by atoms with Crippen LogP contribution in [0, 0.1) is 0 Å². The molecule has 1 aromatic rings. The van der Waals surface area contributed by atoms with E-state index in [2.05, 4.69) is 15.6 Å². The van der Waals surface area contributed by atoms with Crippen LogP contribution >= 0.6 is 12.4 Å². The van der Waals surface area contributed by atoms with E-state index >= 15 is 0 Å². The Morgan fingerprint density at radius 1 is 1.26 bits per heavy atom. The average molecular weight is 339 g/mol. The zero-order valence-electron chi connectivity index (χ0n) is 13.0. The van der Waals surface area contributed by atoms with Crippen LogP contribution in [0.25, 0.3) is 0 Å². The number of hydrogen-bond acceptors (Lipinski definition) is 4. The van der Waals surface area contributed by atoms with Crippen molar-refractivity contribution in [1.29, 1.82) is 0 Å². The van der Waals surface area contributed by atoms with E-state index in [-0.39, 0.29) is 36.3 Å². The van der Waals surface area contributed by atoms with Crippen LogP contribution < -0.4 is 10.6 Å². The number of halogens is 1. The number of hydrogen-bond donors (Lipinski definition) is 2. The fourth-order valence-corrected chi connectivity index (χ4v) is 3.21. The molecule has 6 nitrogen and oxygen atoms in total. The molecular formula is C16H23ClN4O2. The molecule has 0 saturated carbocycles. The van der Waals surface area contributed by atoms with Crippen LogP contribution in [0.4, 0.5) is 0 Å². The molecule has 0 aliphatic carbocycles. The molecular weight excluding hydrogens is 316 g/mol. The number of nitrogens with one attached hydrogen (secondary N) is 2. The van der Waals surface area contributed by atoms with Gasteiger partial charge in [-0.3, -0.25) is 14.6 Å². The molecule has 2 amide bonds. The van der Waals surface area contributed by atoms with Gasteiger partial charge in [0.1, 0.15) is 6.04 Å². The Hall–Kier alpha value is -1.66. The Labute approximate surface area is 142 Å². The third-order valence-electron chi connectivity index (χ3n) is 4.41. The molecule has 0 spiro atoms. The van der Waals surface area contributed by atoms with Gasteiger partial charge >= 0.3 is 0 Å². The van der Waals surface area contributed by atoms with Crippen LogP contribution in [0.3, 0.4) is 0 Å². The molecule has 1 aromatic heterocycles. The van der Waals surface area contributed by atoms with E-state index in [1.54, 1.807) is 17.3 Å². The number of carbonyl (C=O) groups excluding carboxylic acids is 2. The Bertz CT molecular complexity index is 534. The maximum atomic E-state index is 12.5. The van der Waals surface area contributed by atoms with Gasteiger partial charge < -0.3 is 15.5 Å². The summed E-state index contributed by atoms with van der Waals surface area (Å²) in [6, 6.07) is 3.32. The first-order valence-corrected chi connectivity index (χ1v) is 7.96. The summed E-state index contributed by atoms with van der Waals surface area (Å²) >= 11 is 0. The number of pyridine rings is 1. The summed E-state index contributed by atoms with van der Waals surface area (Å²) in [7, 11) is 0. The SMILES string of the molecule is Cl.O=C(NCc1ccncc1)[C@@H]1CCCN1C(=O)[C@@H]1CCCN1. The number of aromatic nitrogens is 1. The van der Waals surface area contributed by atoms with E-state index < -0.39 is 0 Å². The van der Waals surface area contributed by atoms with Crippen molar-refractivity contribution in [3.63, 3.8) is 0 Å². The van der Waals surface area contributed by atoms with Crippen LogP contribution in [0.5, 0.6) is 0 Å². The minimum Gasteiger partial charge on any atom is -0.350 e. The molecule has 3 rings (SSSR count). The maximum Gasteiger partial charge on any atom is 0.243 e. The van der Waals surface area contributed by atoms with Crippen molar-refractivity contribution in [1.82, 2.24) is 20.5 Å². The number of likely N-dealkylation sites (tertiary alicyclic amines) is 1. The van der Waals surface area contributed by atoms with Crippen LogP contribution in [-0.4, -0.2) is 46.9 Å². The van der Waals surface area contributed by atoms with Crippen molar-refractivity contribution < 1.29 is 9.59 Å². The number of nitrogens with zero attached hydrogens (tertiary/aromatic N) is 2. The molecule has 0 unspecified atom stereocenters.